The van der Waals surface area contributed by atoms with Crippen LogP contribution in [0.1, 0.15) is 0 Å². The summed E-state index contributed by atoms with van der Waals surface area (Å²) in [6.45, 7) is 0. The molecule has 1 atom stereocenters. The molecule has 0 radical (unpaired) electrons. The van der Waals surface area contributed by atoms with Crippen LogP contribution in [0.25, 0.3) is 0 Å². The van der Waals surface area contributed by atoms with Crippen molar-refractivity contribution in [3.63, 3.8) is 0 Å². The van der Waals surface area contributed by atoms with Gasteiger partial charge in [-0.25, -0.2) is 0 Å². The van der Waals surface area contributed by atoms with Crippen molar-refractivity contribution in [3.05, 3.63) is 18.2 Å². The number of thioether (sulfide) groups is 1. The lowest BCUT2D eigenvalue weighted by Crippen LogP contribution is -2.37. The second-order valence-corrected chi connectivity index (χ2v) is 5.12. The van der Waals surface area contributed by atoms with Gasteiger partial charge in [0, 0.05) is 23.4 Å². The molecule has 0 aliphatic carbocycles. The van der Waals surface area contributed by atoms with Crippen LogP contribution in [0, 0.1) is 0 Å². The summed E-state index contributed by atoms with van der Waals surface area (Å²) in [5.74, 6) is 1.09. The molecule has 1 aromatic rings. The van der Waals surface area contributed by atoms with E-state index in [0.29, 0.717) is 11.4 Å². The number of ether oxygens (including phenoxy) is 2. The largest absolute Gasteiger partial charge is 0.586 e. The molecule has 1 fully saturated rings. The molecule has 2 N–H and O–H groups in total. The van der Waals surface area contributed by atoms with E-state index in [1.54, 1.807) is 11.8 Å². The number of nitrogens with one attached hydrogen (secondary N) is 2. The van der Waals surface area contributed by atoms with Crippen molar-refractivity contribution in [1.82, 2.24) is 5.32 Å². The first-order valence-electron chi connectivity index (χ1n) is 5.55. The molecule has 3 rings (SSSR count). The number of carbonyl (C=O) groups is 1. The van der Waals surface area contributed by atoms with E-state index in [4.69, 9.17) is 0 Å². The molecule has 110 valence electrons. The Morgan fingerprint density at radius 2 is 2.15 bits per heavy atom. The number of carbonyl (C=O) groups excluding carboxylic acids is 1. The molecule has 1 saturated heterocycles. The predicted octanol–water partition coefficient (Wildman–Crippen LogP) is 2.03. The number of benzene rings is 1. The van der Waals surface area contributed by atoms with E-state index in [0.717, 1.165) is 5.88 Å². The first-order chi connectivity index (χ1) is 9.03. The van der Waals surface area contributed by atoms with Crippen LogP contribution >= 0.6 is 24.2 Å². The average Bonchev–Trinajstić information content (AvgIpc) is 2.93. The molecule has 5 nitrogen and oxygen atoms in total. The van der Waals surface area contributed by atoms with Crippen molar-refractivity contribution in [3.8, 4) is 11.5 Å². The zero-order valence-electron chi connectivity index (χ0n) is 10.0. The van der Waals surface area contributed by atoms with Gasteiger partial charge in [-0.2, -0.15) is 0 Å². The highest BCUT2D eigenvalue weighted by Gasteiger charge is 2.43. The van der Waals surface area contributed by atoms with E-state index in [1.807, 2.05) is 0 Å². The van der Waals surface area contributed by atoms with Gasteiger partial charge in [-0.15, -0.1) is 32.9 Å². The fraction of sp³-hybridized carbons (Fsp3) is 0.364. The van der Waals surface area contributed by atoms with Crippen molar-refractivity contribution in [2.45, 2.75) is 12.3 Å². The topological polar surface area (TPSA) is 59.6 Å². The lowest BCUT2D eigenvalue weighted by atomic mass is 10.2. The quantitative estimate of drug-likeness (QED) is 0.871. The van der Waals surface area contributed by atoms with Gasteiger partial charge in [-0.1, -0.05) is 0 Å². The lowest BCUT2D eigenvalue weighted by molar-refractivity contribution is -0.286. The van der Waals surface area contributed by atoms with Crippen molar-refractivity contribution in [1.29, 1.82) is 0 Å². The molecule has 20 heavy (non-hydrogen) atoms. The van der Waals surface area contributed by atoms with Crippen molar-refractivity contribution >= 4 is 35.8 Å². The maximum atomic E-state index is 12.8. The van der Waals surface area contributed by atoms with Crippen molar-refractivity contribution in [2.24, 2.45) is 0 Å². The lowest BCUT2D eigenvalue weighted by Gasteiger charge is -2.10. The van der Waals surface area contributed by atoms with E-state index in [-0.39, 0.29) is 35.9 Å². The fourth-order valence-corrected chi connectivity index (χ4v) is 2.76. The molecule has 1 unspecified atom stereocenters. The van der Waals surface area contributed by atoms with E-state index < -0.39 is 6.29 Å². The Hall–Kier alpha value is -1.25. The van der Waals surface area contributed by atoms with Gasteiger partial charge in [0.1, 0.15) is 0 Å². The fourth-order valence-electron chi connectivity index (χ4n) is 1.82. The van der Waals surface area contributed by atoms with Crippen molar-refractivity contribution in [2.75, 3.05) is 16.9 Å². The van der Waals surface area contributed by atoms with Gasteiger partial charge in [0.15, 0.2) is 11.5 Å². The number of rotatable bonds is 2. The Bertz CT molecular complexity index is 526. The van der Waals surface area contributed by atoms with Crippen LogP contribution in [-0.4, -0.2) is 29.9 Å². The van der Waals surface area contributed by atoms with Crippen LogP contribution in [0.15, 0.2) is 18.2 Å². The first kappa shape index (κ1) is 15.1. The van der Waals surface area contributed by atoms with Crippen LogP contribution in [0.3, 0.4) is 0 Å². The molecule has 1 aromatic carbocycles. The van der Waals surface area contributed by atoms with Crippen molar-refractivity contribution < 1.29 is 23.0 Å². The van der Waals surface area contributed by atoms with E-state index >= 15 is 0 Å². The minimum Gasteiger partial charge on any atom is -0.395 e. The SMILES string of the molecule is Cl.O=C(Nc1ccc2c(c1)OC(F)(F)O2)C1CSCN1. The monoisotopic (exact) mass is 324 g/mol. The molecular weight excluding hydrogens is 314 g/mol. The van der Waals surface area contributed by atoms with Crippen LogP contribution < -0.4 is 20.1 Å². The molecule has 0 spiro atoms. The van der Waals surface area contributed by atoms with Gasteiger partial charge in [-0.3, -0.25) is 10.1 Å². The summed E-state index contributed by atoms with van der Waals surface area (Å²) in [5, 5.41) is 5.66. The Morgan fingerprint density at radius 3 is 2.85 bits per heavy atom. The third-order valence-electron chi connectivity index (χ3n) is 2.70. The van der Waals surface area contributed by atoms with Gasteiger partial charge in [0.25, 0.3) is 0 Å². The highest BCUT2D eigenvalue weighted by molar-refractivity contribution is 7.99. The Kier molecular flexibility index (Phi) is 4.26. The van der Waals surface area contributed by atoms with E-state index in [2.05, 4.69) is 20.1 Å². The molecule has 1 amide bonds. The number of fused-ring (bicyclic) bond motifs is 1. The summed E-state index contributed by atoms with van der Waals surface area (Å²) in [6.07, 6.45) is -3.64. The van der Waals surface area contributed by atoms with Crippen LogP contribution in [0.2, 0.25) is 0 Å². The summed E-state index contributed by atoms with van der Waals surface area (Å²) < 4.78 is 34.3. The number of halogens is 3. The zero-order chi connectivity index (χ0) is 13.5. The third kappa shape index (κ3) is 3.08. The van der Waals surface area contributed by atoms with Gasteiger partial charge in [0.2, 0.25) is 5.91 Å². The van der Waals surface area contributed by atoms with Gasteiger partial charge in [0.05, 0.1) is 6.04 Å². The minimum absolute atomic E-state index is 0. The maximum Gasteiger partial charge on any atom is 0.586 e. The number of hydrogen-bond donors (Lipinski definition) is 2. The highest BCUT2D eigenvalue weighted by atomic mass is 35.5. The Labute approximate surface area is 123 Å². The van der Waals surface area contributed by atoms with Gasteiger partial charge >= 0.3 is 6.29 Å². The second kappa shape index (κ2) is 5.63. The van der Waals surface area contributed by atoms with Crippen LogP contribution in [0.5, 0.6) is 11.5 Å². The normalized spacial score (nSPS) is 22.2. The molecular formula is C11H11ClF2N2O3S. The zero-order valence-corrected chi connectivity index (χ0v) is 11.7. The summed E-state index contributed by atoms with van der Waals surface area (Å²) in [7, 11) is 0. The molecule has 0 saturated carbocycles. The van der Waals surface area contributed by atoms with E-state index in [1.165, 1.54) is 18.2 Å². The standard InChI is InChI=1S/C11H10F2N2O3S.ClH/c12-11(13)17-8-2-1-6(3-9(8)18-11)15-10(16)7-4-19-5-14-7;/h1-3,7,14H,4-5H2,(H,15,16);1H. The Morgan fingerprint density at radius 1 is 1.40 bits per heavy atom. The summed E-state index contributed by atoms with van der Waals surface area (Å²) in [5.41, 5.74) is 0.392. The van der Waals surface area contributed by atoms with Crippen LogP contribution in [-0.2, 0) is 4.79 Å². The molecule has 0 bridgehead atoms. The van der Waals surface area contributed by atoms with Crippen LogP contribution in [0.4, 0.5) is 14.5 Å². The summed E-state index contributed by atoms with van der Waals surface area (Å²) in [4.78, 5) is 11.8. The Balaban J connectivity index is 0.00000147. The molecule has 9 heteroatoms. The molecule has 2 aliphatic rings. The maximum absolute atomic E-state index is 12.8. The molecule has 0 aromatic heterocycles. The number of hydrogen-bond acceptors (Lipinski definition) is 5. The minimum atomic E-state index is -3.64. The first-order valence-corrected chi connectivity index (χ1v) is 6.71. The number of amides is 1. The summed E-state index contributed by atoms with van der Waals surface area (Å²) in [6, 6.07) is 3.87. The van der Waals surface area contributed by atoms with Gasteiger partial charge < -0.3 is 14.8 Å². The molecule has 2 aliphatic heterocycles. The average molecular weight is 325 g/mol. The van der Waals surface area contributed by atoms with Gasteiger partial charge in [-0.05, 0) is 12.1 Å². The second-order valence-electron chi connectivity index (χ2n) is 4.09. The number of anilines is 1. The highest BCUT2D eigenvalue weighted by Crippen LogP contribution is 2.42. The smallest absolute Gasteiger partial charge is 0.395 e. The molecule has 2 heterocycles. The summed E-state index contributed by atoms with van der Waals surface area (Å²) >= 11 is 1.63. The third-order valence-corrected chi connectivity index (χ3v) is 3.64. The number of alkyl halides is 2. The predicted molar refractivity (Wildman–Crippen MR) is 72.8 cm³/mol. The van der Waals surface area contributed by atoms with E-state index in [9.17, 15) is 13.6 Å².